The Morgan fingerprint density at radius 1 is 0.911 bits per heavy atom. The number of ether oxygens (including phenoxy) is 1. The number of nitrogens with zero attached hydrogens (tertiary/aromatic N) is 1. The van der Waals surface area contributed by atoms with E-state index in [0.717, 1.165) is 22.3 Å². The van der Waals surface area contributed by atoms with Gasteiger partial charge in [0.15, 0.2) is 0 Å². The van der Waals surface area contributed by atoms with E-state index in [0.29, 0.717) is 38.6 Å². The van der Waals surface area contributed by atoms with Crippen LogP contribution in [0.5, 0.6) is 0 Å². The smallest absolute Gasteiger partial charge is 0.309 e. The Bertz CT molecular complexity index is 1420. The zero-order valence-electron chi connectivity index (χ0n) is 25.9. The molecule has 0 saturated heterocycles. The van der Waals surface area contributed by atoms with Gasteiger partial charge in [-0.3, -0.25) is 14.4 Å². The first-order chi connectivity index (χ1) is 21.9. The number of aliphatic hydroxyl groups is 1. The lowest BCUT2D eigenvalue weighted by atomic mass is 9.92. The first-order valence-electron chi connectivity index (χ1n) is 15.7. The summed E-state index contributed by atoms with van der Waals surface area (Å²) in [4.78, 5) is 42.2. The van der Waals surface area contributed by atoms with Crippen LogP contribution in [0.15, 0.2) is 110 Å². The van der Waals surface area contributed by atoms with E-state index >= 15 is 0 Å². The molecule has 1 aliphatic heterocycles. The van der Waals surface area contributed by atoms with Crippen LogP contribution >= 0.6 is 0 Å². The number of esters is 1. The molecule has 236 valence electrons. The lowest BCUT2D eigenvalue weighted by Gasteiger charge is -2.36. The Hall–Kier alpha value is -4.49. The fraction of sp³-hybridized carbons (Fsp3) is 0.342. The van der Waals surface area contributed by atoms with Crippen LogP contribution in [-0.2, 0) is 38.5 Å². The molecule has 4 rings (SSSR count). The molecule has 0 spiro atoms. The molecule has 7 nitrogen and oxygen atoms in total. The normalized spacial score (nSPS) is 16.0. The number of benzene rings is 3. The Labute approximate surface area is 266 Å². The van der Waals surface area contributed by atoms with Crippen LogP contribution in [0.4, 0.5) is 0 Å². The fourth-order valence-corrected chi connectivity index (χ4v) is 5.84. The molecule has 0 saturated carbocycles. The predicted octanol–water partition coefficient (Wildman–Crippen LogP) is 5.74. The molecule has 7 heteroatoms. The van der Waals surface area contributed by atoms with Gasteiger partial charge in [0.2, 0.25) is 11.8 Å². The van der Waals surface area contributed by atoms with Crippen molar-refractivity contribution in [3.05, 3.63) is 132 Å². The van der Waals surface area contributed by atoms with Gasteiger partial charge in [-0.15, -0.1) is 13.2 Å². The molecule has 0 radical (unpaired) electrons. The second-order valence-electron chi connectivity index (χ2n) is 11.6. The molecule has 0 fully saturated rings. The monoisotopic (exact) mass is 608 g/mol. The van der Waals surface area contributed by atoms with E-state index in [1.807, 2.05) is 84.9 Å². The SMILES string of the molecule is C=CCCC(Cc1ccccc1)C(=O)OC(CNC(=O)C(CC=C)CC(=O)N1Cc2ccccc2CC1CO)c1ccccc1. The first kappa shape index (κ1) is 33.4. The number of allylic oxidation sites excluding steroid dienone is 2. The Balaban J connectivity index is 1.44. The van der Waals surface area contributed by atoms with E-state index in [9.17, 15) is 19.5 Å². The summed E-state index contributed by atoms with van der Waals surface area (Å²) in [6, 6.07) is 26.8. The van der Waals surface area contributed by atoms with E-state index in [1.165, 1.54) is 0 Å². The van der Waals surface area contributed by atoms with E-state index < -0.39 is 12.0 Å². The number of hydrogen-bond donors (Lipinski definition) is 2. The molecular weight excluding hydrogens is 564 g/mol. The maximum Gasteiger partial charge on any atom is 0.309 e. The van der Waals surface area contributed by atoms with Crippen LogP contribution < -0.4 is 5.32 Å². The Morgan fingerprint density at radius 2 is 1.58 bits per heavy atom. The van der Waals surface area contributed by atoms with Crippen molar-refractivity contribution < 1.29 is 24.2 Å². The molecule has 0 aromatic heterocycles. The van der Waals surface area contributed by atoms with Gasteiger partial charge in [-0.2, -0.15) is 0 Å². The number of carbonyl (C=O) groups is 3. The zero-order chi connectivity index (χ0) is 32.0. The maximum atomic E-state index is 13.5. The molecule has 1 aliphatic rings. The number of aliphatic hydroxyl groups excluding tert-OH is 1. The fourth-order valence-electron chi connectivity index (χ4n) is 5.84. The largest absolute Gasteiger partial charge is 0.455 e. The first-order valence-corrected chi connectivity index (χ1v) is 15.7. The van der Waals surface area contributed by atoms with E-state index in [2.05, 4.69) is 18.5 Å². The molecule has 45 heavy (non-hydrogen) atoms. The molecule has 1 heterocycles. The van der Waals surface area contributed by atoms with Gasteiger partial charge in [-0.05, 0) is 54.4 Å². The number of carbonyl (C=O) groups excluding carboxylic acids is 3. The summed E-state index contributed by atoms with van der Waals surface area (Å²) in [6.45, 7) is 7.92. The summed E-state index contributed by atoms with van der Waals surface area (Å²) < 4.78 is 6.09. The van der Waals surface area contributed by atoms with Gasteiger partial charge < -0.3 is 20.1 Å². The van der Waals surface area contributed by atoms with Crippen molar-refractivity contribution in [1.29, 1.82) is 0 Å². The molecule has 0 aliphatic carbocycles. The number of rotatable bonds is 16. The third kappa shape index (κ3) is 9.50. The van der Waals surface area contributed by atoms with E-state index in [4.69, 9.17) is 4.74 Å². The van der Waals surface area contributed by atoms with Crippen molar-refractivity contribution in [2.24, 2.45) is 11.8 Å². The summed E-state index contributed by atoms with van der Waals surface area (Å²) in [5.74, 6) is -1.86. The Kier molecular flexibility index (Phi) is 12.7. The van der Waals surface area contributed by atoms with Crippen molar-refractivity contribution in [1.82, 2.24) is 10.2 Å². The van der Waals surface area contributed by atoms with E-state index in [1.54, 1.807) is 17.1 Å². The highest BCUT2D eigenvalue weighted by Gasteiger charge is 2.32. The highest BCUT2D eigenvalue weighted by atomic mass is 16.5. The highest BCUT2D eigenvalue weighted by molar-refractivity contribution is 5.86. The maximum absolute atomic E-state index is 13.5. The summed E-state index contributed by atoms with van der Waals surface area (Å²) in [7, 11) is 0. The summed E-state index contributed by atoms with van der Waals surface area (Å²) >= 11 is 0. The minimum absolute atomic E-state index is 0.0208. The van der Waals surface area contributed by atoms with Crippen LogP contribution in [-0.4, -0.2) is 47.0 Å². The summed E-state index contributed by atoms with van der Waals surface area (Å²) in [5.41, 5.74) is 3.98. The molecule has 4 unspecified atom stereocenters. The third-order valence-corrected chi connectivity index (χ3v) is 8.40. The van der Waals surface area contributed by atoms with Crippen molar-refractivity contribution in [2.75, 3.05) is 13.2 Å². The minimum atomic E-state index is -0.706. The van der Waals surface area contributed by atoms with Crippen LogP contribution in [0.3, 0.4) is 0 Å². The number of hydrogen-bond acceptors (Lipinski definition) is 5. The summed E-state index contributed by atoms with van der Waals surface area (Å²) in [6.07, 6.45) is 5.40. The molecule has 3 aromatic rings. The number of nitrogens with one attached hydrogen (secondary N) is 1. The quantitative estimate of drug-likeness (QED) is 0.160. The Morgan fingerprint density at radius 3 is 2.24 bits per heavy atom. The summed E-state index contributed by atoms with van der Waals surface area (Å²) in [5, 5.41) is 13.0. The van der Waals surface area contributed by atoms with Gasteiger partial charge in [-0.25, -0.2) is 0 Å². The van der Waals surface area contributed by atoms with Gasteiger partial charge in [0, 0.05) is 13.0 Å². The lowest BCUT2D eigenvalue weighted by molar-refractivity contribution is -0.155. The molecule has 3 aromatic carbocycles. The van der Waals surface area contributed by atoms with Gasteiger partial charge >= 0.3 is 5.97 Å². The lowest BCUT2D eigenvalue weighted by Crippen LogP contribution is -2.47. The number of fused-ring (bicyclic) bond motifs is 1. The standard InChI is InChI=1S/C38H44N2O5/c1-3-5-17-32(22-28-15-8-6-9-16-28)38(44)45-35(29-18-10-7-11-19-29)25-39-37(43)31(14-4-2)24-36(42)40-26-33-21-13-12-20-30(33)23-34(40)27-41/h3-4,6-13,15-16,18-21,31-32,34-35,41H,1-2,5,14,17,22-27H2,(H,39,43). The molecule has 2 amide bonds. The van der Waals surface area contributed by atoms with Crippen molar-refractivity contribution in [3.8, 4) is 0 Å². The predicted molar refractivity (Wildman–Crippen MR) is 176 cm³/mol. The second kappa shape index (κ2) is 17.1. The number of amides is 2. The van der Waals surface area contributed by atoms with Crippen LogP contribution in [0.25, 0.3) is 0 Å². The molecule has 4 atom stereocenters. The zero-order valence-corrected chi connectivity index (χ0v) is 25.9. The molecule has 2 N–H and O–H groups in total. The van der Waals surface area contributed by atoms with Crippen molar-refractivity contribution >= 4 is 17.8 Å². The third-order valence-electron chi connectivity index (χ3n) is 8.40. The van der Waals surface area contributed by atoms with E-state index in [-0.39, 0.29) is 49.3 Å². The average Bonchev–Trinajstić information content (AvgIpc) is 3.08. The minimum Gasteiger partial charge on any atom is -0.455 e. The average molecular weight is 609 g/mol. The van der Waals surface area contributed by atoms with Gasteiger partial charge in [-0.1, -0.05) is 97.1 Å². The van der Waals surface area contributed by atoms with Gasteiger partial charge in [0.25, 0.3) is 0 Å². The van der Waals surface area contributed by atoms with Crippen LogP contribution in [0, 0.1) is 11.8 Å². The van der Waals surface area contributed by atoms with Crippen LogP contribution in [0.1, 0.15) is 54.0 Å². The van der Waals surface area contributed by atoms with Crippen molar-refractivity contribution in [3.63, 3.8) is 0 Å². The topological polar surface area (TPSA) is 95.9 Å². The molecule has 0 bridgehead atoms. The van der Waals surface area contributed by atoms with Gasteiger partial charge in [0.05, 0.1) is 31.0 Å². The molecular formula is C38H44N2O5. The van der Waals surface area contributed by atoms with Crippen LogP contribution in [0.2, 0.25) is 0 Å². The van der Waals surface area contributed by atoms with Crippen molar-refractivity contribution in [2.45, 2.75) is 57.2 Å². The highest BCUT2D eigenvalue weighted by Crippen LogP contribution is 2.26. The second-order valence-corrected chi connectivity index (χ2v) is 11.6. The van der Waals surface area contributed by atoms with Gasteiger partial charge in [0.1, 0.15) is 6.10 Å².